The Hall–Kier alpha value is -3.31. The molecule has 0 bridgehead atoms. The van der Waals surface area contributed by atoms with Crippen LogP contribution in [-0.2, 0) is 0 Å². The Labute approximate surface area is 194 Å². The van der Waals surface area contributed by atoms with Gasteiger partial charge in [0.2, 0.25) is 0 Å². The monoisotopic (exact) mass is 441 g/mol. The number of benzene rings is 3. The maximum atomic E-state index is 6.06. The molecule has 4 nitrogen and oxygen atoms in total. The lowest BCUT2D eigenvalue weighted by atomic mass is 10.0. The molecule has 0 amide bonds. The molecule has 3 aromatic carbocycles. The number of nitrogens with zero attached hydrogens (tertiary/aromatic N) is 3. The fraction of sp³-hybridized carbons (Fsp3) is 0.222. The minimum absolute atomic E-state index is 0.251. The van der Waals surface area contributed by atoms with E-state index in [1.807, 2.05) is 54.6 Å². The van der Waals surface area contributed by atoms with E-state index in [0.717, 1.165) is 33.5 Å². The van der Waals surface area contributed by atoms with Gasteiger partial charge in [0.25, 0.3) is 5.17 Å². The van der Waals surface area contributed by atoms with E-state index in [1.54, 1.807) is 0 Å². The van der Waals surface area contributed by atoms with Crippen molar-refractivity contribution < 1.29 is 4.74 Å². The Morgan fingerprint density at radius 1 is 0.719 bits per heavy atom. The van der Waals surface area contributed by atoms with Gasteiger partial charge >= 0.3 is 0 Å². The lowest BCUT2D eigenvalue weighted by Gasteiger charge is -2.32. The average molecular weight is 442 g/mol. The molecule has 0 unspecified atom stereocenters. The average Bonchev–Trinajstić information content (AvgIpc) is 2.79. The molecule has 5 heteroatoms. The Morgan fingerprint density at radius 2 is 1.22 bits per heavy atom. The van der Waals surface area contributed by atoms with Crippen molar-refractivity contribution in [3.63, 3.8) is 0 Å². The first-order chi connectivity index (χ1) is 15.4. The first-order valence-corrected chi connectivity index (χ1v) is 11.3. The molecule has 0 atom stereocenters. The zero-order valence-corrected chi connectivity index (χ0v) is 19.6. The Balaban J connectivity index is 1.78. The van der Waals surface area contributed by atoms with Crippen molar-refractivity contribution in [2.45, 2.75) is 39.8 Å². The molecule has 162 valence electrons. The molecule has 0 N–H and O–H groups in total. The maximum Gasteiger partial charge on any atom is 0.265 e. The van der Waals surface area contributed by atoms with Crippen LogP contribution < -0.4 is 4.74 Å². The van der Waals surface area contributed by atoms with Crippen LogP contribution in [-0.4, -0.2) is 32.1 Å². The summed E-state index contributed by atoms with van der Waals surface area (Å²) in [6, 6.07) is 26.6. The van der Waals surface area contributed by atoms with Gasteiger partial charge in [-0.05, 0) is 52.0 Å². The summed E-state index contributed by atoms with van der Waals surface area (Å²) in [6.45, 7) is 8.44. The predicted octanol–water partition coefficient (Wildman–Crippen LogP) is 6.75. The summed E-state index contributed by atoms with van der Waals surface area (Å²) in [7, 11) is 0. The van der Waals surface area contributed by atoms with Crippen molar-refractivity contribution in [2.24, 2.45) is 0 Å². The Bertz CT molecular complexity index is 1220. The molecule has 1 aromatic heterocycles. The SMILES string of the molecule is CC(C)N(C(=S)Oc1ccc2nc(-c3ccccc3)c(-c3ccccc3)nc2c1)C(C)C. The molecule has 0 saturated carbocycles. The molecule has 0 saturated heterocycles. The van der Waals surface area contributed by atoms with E-state index in [2.05, 4.69) is 56.9 Å². The van der Waals surface area contributed by atoms with Crippen molar-refractivity contribution in [3.05, 3.63) is 78.9 Å². The van der Waals surface area contributed by atoms with Crippen LogP contribution in [0.1, 0.15) is 27.7 Å². The predicted molar refractivity (Wildman–Crippen MR) is 136 cm³/mol. The summed E-state index contributed by atoms with van der Waals surface area (Å²) >= 11 is 5.59. The summed E-state index contributed by atoms with van der Waals surface area (Å²) in [5.74, 6) is 0.662. The Morgan fingerprint density at radius 3 is 1.72 bits per heavy atom. The standard InChI is InChI=1S/C27H27N3OS/c1-18(2)30(19(3)4)27(32)31-22-15-16-23-24(17-22)29-26(21-13-9-6-10-14-21)25(28-23)20-11-7-5-8-12-20/h5-19H,1-4H3. The van der Waals surface area contributed by atoms with Crippen LogP contribution in [0.4, 0.5) is 0 Å². The first kappa shape index (κ1) is 21.9. The molecule has 0 aliphatic heterocycles. The van der Waals surface area contributed by atoms with Crippen molar-refractivity contribution in [1.29, 1.82) is 0 Å². The third kappa shape index (κ3) is 4.63. The second-order valence-electron chi connectivity index (χ2n) is 8.27. The summed E-state index contributed by atoms with van der Waals surface area (Å²) in [6.07, 6.45) is 0. The van der Waals surface area contributed by atoms with Gasteiger partial charge in [-0.2, -0.15) is 0 Å². The summed E-state index contributed by atoms with van der Waals surface area (Å²) in [5.41, 5.74) is 5.34. The van der Waals surface area contributed by atoms with Crippen LogP contribution in [0.5, 0.6) is 5.75 Å². The third-order valence-electron chi connectivity index (χ3n) is 5.26. The van der Waals surface area contributed by atoms with Crippen LogP contribution in [0.3, 0.4) is 0 Å². The summed E-state index contributed by atoms with van der Waals surface area (Å²) < 4.78 is 6.06. The number of fused-ring (bicyclic) bond motifs is 1. The van der Waals surface area contributed by atoms with Crippen LogP contribution in [0.2, 0.25) is 0 Å². The molecule has 0 spiro atoms. The summed E-state index contributed by atoms with van der Waals surface area (Å²) in [5, 5.41) is 0.464. The van der Waals surface area contributed by atoms with Crippen LogP contribution >= 0.6 is 12.2 Å². The zero-order chi connectivity index (χ0) is 22.7. The number of aromatic nitrogens is 2. The first-order valence-electron chi connectivity index (χ1n) is 10.9. The Kier molecular flexibility index (Phi) is 6.47. The van der Waals surface area contributed by atoms with Gasteiger partial charge in [0.1, 0.15) is 5.75 Å². The molecular weight excluding hydrogens is 414 g/mol. The maximum absolute atomic E-state index is 6.06. The minimum Gasteiger partial charge on any atom is -0.432 e. The van der Waals surface area contributed by atoms with Gasteiger partial charge in [0, 0.05) is 29.3 Å². The largest absolute Gasteiger partial charge is 0.432 e. The number of hydrogen-bond donors (Lipinski definition) is 0. The van der Waals surface area contributed by atoms with E-state index in [1.165, 1.54) is 0 Å². The molecule has 4 rings (SSSR count). The topological polar surface area (TPSA) is 38.2 Å². The lowest BCUT2D eigenvalue weighted by molar-refractivity contribution is 0.254. The second-order valence-corrected chi connectivity index (χ2v) is 8.62. The van der Waals surface area contributed by atoms with Crippen molar-refractivity contribution >= 4 is 28.4 Å². The number of ether oxygens (including phenoxy) is 1. The van der Waals surface area contributed by atoms with Crippen molar-refractivity contribution in [2.75, 3.05) is 0 Å². The van der Waals surface area contributed by atoms with Gasteiger partial charge in [0.15, 0.2) is 0 Å². The van der Waals surface area contributed by atoms with Gasteiger partial charge in [0.05, 0.1) is 22.4 Å². The van der Waals surface area contributed by atoms with E-state index in [4.69, 9.17) is 26.9 Å². The summed E-state index contributed by atoms with van der Waals surface area (Å²) in [4.78, 5) is 12.1. The highest BCUT2D eigenvalue weighted by atomic mass is 32.1. The molecular formula is C27H27N3OS. The smallest absolute Gasteiger partial charge is 0.265 e. The fourth-order valence-corrected chi connectivity index (χ4v) is 4.38. The zero-order valence-electron chi connectivity index (χ0n) is 18.8. The molecule has 1 heterocycles. The van der Waals surface area contributed by atoms with Crippen molar-refractivity contribution in [1.82, 2.24) is 14.9 Å². The van der Waals surface area contributed by atoms with E-state index >= 15 is 0 Å². The molecule has 32 heavy (non-hydrogen) atoms. The number of hydrogen-bond acceptors (Lipinski definition) is 4. The van der Waals surface area contributed by atoms with Gasteiger partial charge in [-0.1, -0.05) is 60.7 Å². The minimum atomic E-state index is 0.251. The third-order valence-corrected chi connectivity index (χ3v) is 5.55. The molecule has 0 aliphatic rings. The van der Waals surface area contributed by atoms with Gasteiger partial charge in [-0.3, -0.25) is 0 Å². The quantitative estimate of drug-likeness (QED) is 0.320. The van der Waals surface area contributed by atoms with Crippen LogP contribution in [0, 0.1) is 0 Å². The van der Waals surface area contributed by atoms with E-state index in [0.29, 0.717) is 10.9 Å². The van der Waals surface area contributed by atoms with Crippen molar-refractivity contribution in [3.8, 4) is 28.3 Å². The molecule has 4 aromatic rings. The highest BCUT2D eigenvalue weighted by molar-refractivity contribution is 7.80. The van der Waals surface area contributed by atoms with Gasteiger partial charge < -0.3 is 9.64 Å². The van der Waals surface area contributed by atoms with E-state index in [-0.39, 0.29) is 12.1 Å². The lowest BCUT2D eigenvalue weighted by Crippen LogP contribution is -2.43. The molecule has 0 aliphatic carbocycles. The van der Waals surface area contributed by atoms with E-state index in [9.17, 15) is 0 Å². The normalized spacial score (nSPS) is 11.2. The van der Waals surface area contributed by atoms with E-state index < -0.39 is 0 Å². The molecule has 0 fully saturated rings. The highest BCUT2D eigenvalue weighted by Crippen LogP contribution is 2.32. The molecule has 0 radical (unpaired) electrons. The second kappa shape index (κ2) is 9.45. The number of rotatable bonds is 5. The highest BCUT2D eigenvalue weighted by Gasteiger charge is 2.19. The number of thiocarbonyl (C=S) groups is 1. The van der Waals surface area contributed by atoms with Crippen LogP contribution in [0.25, 0.3) is 33.5 Å². The van der Waals surface area contributed by atoms with Crippen LogP contribution in [0.15, 0.2) is 78.9 Å². The van der Waals surface area contributed by atoms with Gasteiger partial charge in [-0.15, -0.1) is 0 Å². The van der Waals surface area contributed by atoms with Gasteiger partial charge in [-0.25, -0.2) is 9.97 Å². The fourth-order valence-electron chi connectivity index (χ4n) is 3.86.